The molecule has 12 heavy (non-hydrogen) atoms. The molecular weight excluding hydrogens is 174 g/mol. The van der Waals surface area contributed by atoms with Crippen molar-refractivity contribution in [3.05, 3.63) is 0 Å². The standard InChI is InChI=1S/C6H12N4.2Na.2H/c1-7-2-9-4-8(1)5-10(3-7)6-9;;;;/h1-6H2;;;;. The van der Waals surface area contributed by atoms with E-state index in [9.17, 15) is 0 Å². The molecule has 0 amide bonds. The van der Waals surface area contributed by atoms with Gasteiger partial charge >= 0.3 is 59.1 Å². The summed E-state index contributed by atoms with van der Waals surface area (Å²) in [6, 6.07) is 0. The molecule has 0 atom stereocenters. The van der Waals surface area contributed by atoms with Crippen molar-refractivity contribution in [1.29, 1.82) is 0 Å². The van der Waals surface area contributed by atoms with E-state index in [4.69, 9.17) is 0 Å². The van der Waals surface area contributed by atoms with Gasteiger partial charge in [-0.25, -0.2) is 0 Å². The summed E-state index contributed by atoms with van der Waals surface area (Å²) in [7, 11) is 0. The Morgan fingerprint density at radius 1 is 0.417 bits per heavy atom. The Kier molecular flexibility index (Phi) is 4.54. The fourth-order valence-electron chi connectivity index (χ4n) is 2.23. The number of hydrogen-bond acceptors (Lipinski definition) is 4. The average molecular weight is 188 g/mol. The van der Waals surface area contributed by atoms with Crippen LogP contribution >= 0.6 is 0 Å². The molecule has 4 aliphatic rings. The van der Waals surface area contributed by atoms with Crippen molar-refractivity contribution in [1.82, 2.24) is 19.6 Å². The molecule has 4 saturated heterocycles. The molecule has 0 saturated carbocycles. The van der Waals surface area contributed by atoms with E-state index in [2.05, 4.69) is 19.6 Å². The molecule has 0 N–H and O–H groups in total. The third kappa shape index (κ3) is 2.08. The molecule has 0 aromatic rings. The first-order chi connectivity index (χ1) is 4.90. The first-order valence-electron chi connectivity index (χ1n) is 3.79. The second-order valence-electron chi connectivity index (χ2n) is 3.53. The van der Waals surface area contributed by atoms with E-state index in [1.54, 1.807) is 0 Å². The molecule has 4 fully saturated rings. The van der Waals surface area contributed by atoms with Crippen molar-refractivity contribution in [2.75, 3.05) is 40.0 Å². The van der Waals surface area contributed by atoms with Gasteiger partial charge < -0.3 is 0 Å². The van der Waals surface area contributed by atoms with E-state index >= 15 is 0 Å². The monoisotopic (exact) mass is 188 g/mol. The molecule has 0 aromatic carbocycles. The summed E-state index contributed by atoms with van der Waals surface area (Å²) in [5.41, 5.74) is 0. The van der Waals surface area contributed by atoms with Crippen LogP contribution in [0.3, 0.4) is 0 Å². The van der Waals surface area contributed by atoms with Gasteiger partial charge in [0.05, 0.1) is 40.0 Å². The molecular formula is C6H14N4Na2. The number of nitrogens with zero attached hydrogens (tertiary/aromatic N) is 4. The number of hydrogen-bond donors (Lipinski definition) is 0. The zero-order chi connectivity index (χ0) is 6.55. The molecule has 4 rings (SSSR count). The summed E-state index contributed by atoms with van der Waals surface area (Å²) in [4.78, 5) is 9.88. The van der Waals surface area contributed by atoms with Crippen LogP contribution in [0.25, 0.3) is 0 Å². The van der Waals surface area contributed by atoms with Crippen molar-refractivity contribution >= 4 is 59.1 Å². The minimum absolute atomic E-state index is 0. The van der Waals surface area contributed by atoms with Crippen LogP contribution in [0.15, 0.2) is 0 Å². The molecule has 4 bridgehead atoms. The maximum atomic E-state index is 2.47. The Hall–Kier alpha value is 1.84. The van der Waals surface area contributed by atoms with Crippen LogP contribution in [0.1, 0.15) is 0 Å². The zero-order valence-electron chi connectivity index (χ0n) is 6.03. The first-order valence-corrected chi connectivity index (χ1v) is 3.79. The van der Waals surface area contributed by atoms with Gasteiger partial charge in [0.15, 0.2) is 0 Å². The molecule has 0 spiro atoms. The van der Waals surface area contributed by atoms with Crippen molar-refractivity contribution in [3.8, 4) is 0 Å². The Morgan fingerprint density at radius 2 is 0.583 bits per heavy atom. The third-order valence-electron chi connectivity index (χ3n) is 2.40. The van der Waals surface area contributed by atoms with E-state index in [1.807, 2.05) is 0 Å². The zero-order valence-corrected chi connectivity index (χ0v) is 6.03. The summed E-state index contributed by atoms with van der Waals surface area (Å²) in [6.07, 6.45) is 0. The van der Waals surface area contributed by atoms with E-state index in [1.165, 1.54) is 40.0 Å². The molecule has 0 unspecified atom stereocenters. The van der Waals surface area contributed by atoms with Gasteiger partial charge in [0.25, 0.3) is 0 Å². The summed E-state index contributed by atoms with van der Waals surface area (Å²) in [6.45, 7) is 7.12. The van der Waals surface area contributed by atoms with Gasteiger partial charge in [-0.2, -0.15) is 0 Å². The van der Waals surface area contributed by atoms with Gasteiger partial charge in [-0.3, -0.25) is 19.6 Å². The van der Waals surface area contributed by atoms with Gasteiger partial charge in [-0.15, -0.1) is 0 Å². The SMILES string of the molecule is C1N2CN3CN1CN(C2)C3.[NaH].[NaH]. The van der Waals surface area contributed by atoms with Crippen molar-refractivity contribution < 1.29 is 0 Å². The molecule has 0 radical (unpaired) electrons. The van der Waals surface area contributed by atoms with E-state index in [0.717, 1.165) is 0 Å². The van der Waals surface area contributed by atoms with Crippen LogP contribution in [0, 0.1) is 0 Å². The van der Waals surface area contributed by atoms with Crippen LogP contribution in [-0.4, -0.2) is 119 Å². The predicted octanol–water partition coefficient (Wildman–Crippen LogP) is -2.32. The van der Waals surface area contributed by atoms with Crippen molar-refractivity contribution in [3.63, 3.8) is 0 Å². The summed E-state index contributed by atoms with van der Waals surface area (Å²) >= 11 is 0. The van der Waals surface area contributed by atoms with Gasteiger partial charge in [-0.1, -0.05) is 0 Å². The summed E-state index contributed by atoms with van der Waals surface area (Å²) < 4.78 is 0. The molecule has 0 aromatic heterocycles. The van der Waals surface area contributed by atoms with Crippen molar-refractivity contribution in [2.45, 2.75) is 0 Å². The van der Waals surface area contributed by atoms with E-state index in [0.29, 0.717) is 0 Å². The van der Waals surface area contributed by atoms with Crippen LogP contribution in [0.5, 0.6) is 0 Å². The molecule has 4 heterocycles. The van der Waals surface area contributed by atoms with Gasteiger partial charge in [0, 0.05) is 0 Å². The van der Waals surface area contributed by atoms with E-state index < -0.39 is 0 Å². The topological polar surface area (TPSA) is 13.0 Å². The third-order valence-corrected chi connectivity index (χ3v) is 2.40. The van der Waals surface area contributed by atoms with Crippen molar-refractivity contribution in [2.24, 2.45) is 0 Å². The molecule has 4 nitrogen and oxygen atoms in total. The van der Waals surface area contributed by atoms with Gasteiger partial charge in [0.1, 0.15) is 0 Å². The van der Waals surface area contributed by atoms with Gasteiger partial charge in [-0.05, 0) is 0 Å². The first kappa shape index (κ1) is 11.9. The normalized spacial score (nSPS) is 48.0. The second kappa shape index (κ2) is 4.57. The van der Waals surface area contributed by atoms with Gasteiger partial charge in [0.2, 0.25) is 0 Å². The Balaban J connectivity index is 0.000000360. The van der Waals surface area contributed by atoms with Crippen LogP contribution in [0.4, 0.5) is 0 Å². The quantitative estimate of drug-likeness (QED) is 0.396. The van der Waals surface area contributed by atoms with Crippen LogP contribution in [0.2, 0.25) is 0 Å². The van der Waals surface area contributed by atoms with Crippen LogP contribution in [-0.2, 0) is 0 Å². The Morgan fingerprint density at radius 3 is 0.750 bits per heavy atom. The molecule has 6 heteroatoms. The number of rotatable bonds is 0. The second-order valence-corrected chi connectivity index (χ2v) is 3.53. The fourth-order valence-corrected chi connectivity index (χ4v) is 2.23. The maximum absolute atomic E-state index is 2.47. The molecule has 60 valence electrons. The molecule has 4 aliphatic heterocycles. The van der Waals surface area contributed by atoms with Crippen LogP contribution < -0.4 is 0 Å². The predicted molar refractivity (Wildman–Crippen MR) is 50.9 cm³/mol. The average Bonchev–Trinajstić information content (AvgIpc) is 1.82. The summed E-state index contributed by atoms with van der Waals surface area (Å²) in [5, 5.41) is 0. The van der Waals surface area contributed by atoms with E-state index in [-0.39, 0.29) is 59.1 Å². The minimum atomic E-state index is 0. The molecule has 0 aliphatic carbocycles. The Labute approximate surface area is 117 Å². The fraction of sp³-hybridized carbons (Fsp3) is 1.00. The summed E-state index contributed by atoms with van der Waals surface area (Å²) in [5.74, 6) is 0. The Bertz CT molecular complexity index is 109.